The summed E-state index contributed by atoms with van der Waals surface area (Å²) in [6.07, 6.45) is 7.85. The highest BCUT2D eigenvalue weighted by atomic mass is 16.5. The third-order valence-electron chi connectivity index (χ3n) is 2.40. The van der Waals surface area contributed by atoms with Crippen LogP contribution < -0.4 is 5.32 Å². The number of rotatable bonds is 12. The molecule has 0 aromatic carbocycles. The summed E-state index contributed by atoms with van der Waals surface area (Å²) in [5.74, 6) is 0. The van der Waals surface area contributed by atoms with Crippen molar-refractivity contribution in [3.05, 3.63) is 0 Å². The van der Waals surface area contributed by atoms with Crippen molar-refractivity contribution in [3.8, 4) is 0 Å². The van der Waals surface area contributed by atoms with E-state index in [1.54, 1.807) is 7.11 Å². The summed E-state index contributed by atoms with van der Waals surface area (Å²) in [5, 5.41) is 3.17. The molecule has 0 aromatic heterocycles. The first-order valence-corrected chi connectivity index (χ1v) is 6.13. The standard InChI is InChI=1S/C12H27NO2/c1-13-9-7-5-3-4-6-8-10-15-12-11-14-2/h13H,3-12H2,1-2H3. The fraction of sp³-hybridized carbons (Fsp3) is 1.00. The monoisotopic (exact) mass is 217 g/mol. The van der Waals surface area contributed by atoms with Crippen molar-refractivity contribution in [2.24, 2.45) is 0 Å². The van der Waals surface area contributed by atoms with Gasteiger partial charge in [-0.05, 0) is 26.4 Å². The number of nitrogens with one attached hydrogen (secondary N) is 1. The van der Waals surface area contributed by atoms with Crippen LogP contribution in [0.15, 0.2) is 0 Å². The number of ether oxygens (including phenoxy) is 2. The zero-order valence-corrected chi connectivity index (χ0v) is 10.4. The summed E-state index contributed by atoms with van der Waals surface area (Å²) in [7, 11) is 3.71. The van der Waals surface area contributed by atoms with E-state index in [4.69, 9.17) is 9.47 Å². The smallest absolute Gasteiger partial charge is 0.0700 e. The van der Waals surface area contributed by atoms with E-state index in [0.717, 1.165) is 19.8 Å². The molecular weight excluding hydrogens is 190 g/mol. The van der Waals surface area contributed by atoms with Gasteiger partial charge in [0.25, 0.3) is 0 Å². The fourth-order valence-corrected chi connectivity index (χ4v) is 1.46. The Labute approximate surface area is 94.5 Å². The van der Waals surface area contributed by atoms with Gasteiger partial charge in [-0.3, -0.25) is 0 Å². The SMILES string of the molecule is CNCCCCCCCCOCCOC. The summed E-state index contributed by atoms with van der Waals surface area (Å²) in [5.41, 5.74) is 0. The summed E-state index contributed by atoms with van der Waals surface area (Å²) < 4.78 is 10.3. The van der Waals surface area contributed by atoms with Gasteiger partial charge in [0, 0.05) is 13.7 Å². The molecule has 92 valence electrons. The molecule has 0 saturated carbocycles. The van der Waals surface area contributed by atoms with E-state index in [9.17, 15) is 0 Å². The van der Waals surface area contributed by atoms with E-state index in [1.807, 2.05) is 7.05 Å². The van der Waals surface area contributed by atoms with Gasteiger partial charge >= 0.3 is 0 Å². The van der Waals surface area contributed by atoms with E-state index in [-0.39, 0.29) is 0 Å². The molecule has 0 spiro atoms. The first kappa shape index (κ1) is 14.9. The minimum absolute atomic E-state index is 0.712. The maximum atomic E-state index is 5.38. The molecule has 0 amide bonds. The summed E-state index contributed by atoms with van der Waals surface area (Å²) >= 11 is 0. The largest absolute Gasteiger partial charge is 0.382 e. The van der Waals surface area contributed by atoms with Crippen molar-refractivity contribution in [1.29, 1.82) is 0 Å². The average molecular weight is 217 g/mol. The molecule has 0 bridgehead atoms. The van der Waals surface area contributed by atoms with Crippen LogP contribution in [0.4, 0.5) is 0 Å². The molecule has 0 rings (SSSR count). The molecule has 0 aromatic rings. The van der Waals surface area contributed by atoms with Gasteiger partial charge in [-0.15, -0.1) is 0 Å². The normalized spacial score (nSPS) is 10.8. The van der Waals surface area contributed by atoms with Gasteiger partial charge in [0.05, 0.1) is 13.2 Å². The first-order valence-electron chi connectivity index (χ1n) is 6.13. The van der Waals surface area contributed by atoms with Gasteiger partial charge < -0.3 is 14.8 Å². The molecule has 3 nitrogen and oxygen atoms in total. The lowest BCUT2D eigenvalue weighted by molar-refractivity contribution is 0.0685. The lowest BCUT2D eigenvalue weighted by Gasteiger charge is -2.03. The van der Waals surface area contributed by atoms with Crippen molar-refractivity contribution < 1.29 is 9.47 Å². The quantitative estimate of drug-likeness (QED) is 0.508. The number of hydrogen-bond acceptors (Lipinski definition) is 3. The molecule has 1 N–H and O–H groups in total. The Bertz CT molecular complexity index is 97.8. The zero-order chi connectivity index (χ0) is 11.2. The van der Waals surface area contributed by atoms with Crippen LogP contribution in [-0.4, -0.2) is 40.5 Å². The minimum atomic E-state index is 0.712. The molecule has 0 radical (unpaired) electrons. The Kier molecular flexibility index (Phi) is 13.8. The Morgan fingerprint density at radius 1 is 0.800 bits per heavy atom. The van der Waals surface area contributed by atoms with E-state index in [1.165, 1.54) is 38.5 Å². The van der Waals surface area contributed by atoms with Crippen LogP contribution in [0.5, 0.6) is 0 Å². The Hall–Kier alpha value is -0.120. The molecule has 0 aliphatic carbocycles. The number of hydrogen-bond donors (Lipinski definition) is 1. The third-order valence-corrected chi connectivity index (χ3v) is 2.40. The van der Waals surface area contributed by atoms with Crippen molar-refractivity contribution in [3.63, 3.8) is 0 Å². The maximum Gasteiger partial charge on any atom is 0.0700 e. The highest BCUT2D eigenvalue weighted by molar-refractivity contribution is 4.46. The Morgan fingerprint density at radius 3 is 2.13 bits per heavy atom. The third kappa shape index (κ3) is 13.9. The number of unbranched alkanes of at least 4 members (excludes halogenated alkanes) is 5. The second kappa shape index (κ2) is 13.9. The predicted octanol–water partition coefficient (Wildman–Crippen LogP) is 2.21. The highest BCUT2D eigenvalue weighted by Crippen LogP contribution is 2.04. The molecule has 0 unspecified atom stereocenters. The van der Waals surface area contributed by atoms with Crippen molar-refractivity contribution in [1.82, 2.24) is 5.32 Å². The number of methoxy groups -OCH3 is 1. The Morgan fingerprint density at radius 2 is 1.47 bits per heavy atom. The Balaban J connectivity index is 2.81. The molecule has 0 heterocycles. The van der Waals surface area contributed by atoms with Crippen LogP contribution >= 0.6 is 0 Å². The van der Waals surface area contributed by atoms with Crippen LogP contribution in [0.1, 0.15) is 38.5 Å². The van der Waals surface area contributed by atoms with Gasteiger partial charge in [-0.25, -0.2) is 0 Å². The van der Waals surface area contributed by atoms with Gasteiger partial charge in [-0.1, -0.05) is 25.7 Å². The van der Waals surface area contributed by atoms with E-state index in [2.05, 4.69) is 5.32 Å². The average Bonchev–Trinajstić information content (AvgIpc) is 2.26. The molecule has 0 aliphatic rings. The fourth-order valence-electron chi connectivity index (χ4n) is 1.46. The van der Waals surface area contributed by atoms with Crippen LogP contribution in [0.2, 0.25) is 0 Å². The highest BCUT2D eigenvalue weighted by Gasteiger charge is 1.91. The second-order valence-electron chi connectivity index (χ2n) is 3.83. The molecule has 0 aliphatic heterocycles. The second-order valence-corrected chi connectivity index (χ2v) is 3.83. The van der Waals surface area contributed by atoms with Crippen LogP contribution in [0.25, 0.3) is 0 Å². The molecule has 15 heavy (non-hydrogen) atoms. The van der Waals surface area contributed by atoms with Gasteiger partial charge in [0.2, 0.25) is 0 Å². The molecular formula is C12H27NO2. The van der Waals surface area contributed by atoms with E-state index < -0.39 is 0 Å². The maximum absolute atomic E-state index is 5.38. The summed E-state index contributed by atoms with van der Waals surface area (Å²) in [6, 6.07) is 0. The summed E-state index contributed by atoms with van der Waals surface area (Å²) in [6.45, 7) is 3.49. The van der Waals surface area contributed by atoms with Crippen LogP contribution in [0, 0.1) is 0 Å². The predicted molar refractivity (Wildman–Crippen MR) is 64.3 cm³/mol. The first-order chi connectivity index (χ1) is 7.41. The van der Waals surface area contributed by atoms with Crippen molar-refractivity contribution in [2.45, 2.75) is 38.5 Å². The lowest BCUT2D eigenvalue weighted by Crippen LogP contribution is -2.06. The molecule has 3 heteroatoms. The molecule has 0 atom stereocenters. The van der Waals surface area contributed by atoms with Gasteiger partial charge in [-0.2, -0.15) is 0 Å². The van der Waals surface area contributed by atoms with Crippen molar-refractivity contribution >= 4 is 0 Å². The summed E-state index contributed by atoms with van der Waals surface area (Å²) in [4.78, 5) is 0. The van der Waals surface area contributed by atoms with E-state index >= 15 is 0 Å². The zero-order valence-electron chi connectivity index (χ0n) is 10.4. The lowest BCUT2D eigenvalue weighted by atomic mass is 10.1. The van der Waals surface area contributed by atoms with Gasteiger partial charge in [0.1, 0.15) is 0 Å². The van der Waals surface area contributed by atoms with E-state index in [0.29, 0.717) is 6.61 Å². The van der Waals surface area contributed by atoms with Crippen LogP contribution in [0.3, 0.4) is 0 Å². The minimum Gasteiger partial charge on any atom is -0.382 e. The topological polar surface area (TPSA) is 30.5 Å². The van der Waals surface area contributed by atoms with Gasteiger partial charge in [0.15, 0.2) is 0 Å². The molecule has 0 fully saturated rings. The molecule has 0 saturated heterocycles. The van der Waals surface area contributed by atoms with Crippen LogP contribution in [-0.2, 0) is 9.47 Å². The van der Waals surface area contributed by atoms with Crippen molar-refractivity contribution in [2.75, 3.05) is 40.5 Å².